The molecule has 2 heterocycles. The van der Waals surface area contributed by atoms with Crippen molar-refractivity contribution in [2.24, 2.45) is 0 Å². The third kappa shape index (κ3) is 3.26. The molecule has 6 nitrogen and oxygen atoms in total. The lowest BCUT2D eigenvalue weighted by molar-refractivity contribution is -0.132. The van der Waals surface area contributed by atoms with E-state index in [2.05, 4.69) is 0 Å². The highest BCUT2D eigenvalue weighted by molar-refractivity contribution is 5.95. The largest absolute Gasteiger partial charge is 0.455 e. The van der Waals surface area contributed by atoms with Crippen LogP contribution in [-0.2, 0) is 9.59 Å². The fourth-order valence-corrected chi connectivity index (χ4v) is 4.96. The molecule has 2 bridgehead atoms. The molecule has 0 N–H and O–H groups in total. The monoisotopic (exact) mass is 440 g/mol. The molecule has 4 aromatic carbocycles. The summed E-state index contributed by atoms with van der Waals surface area (Å²) < 4.78 is 23.1. The topological polar surface area (TPSA) is 71.1 Å². The van der Waals surface area contributed by atoms with Crippen LogP contribution in [0.4, 0.5) is 0 Å². The Morgan fingerprint density at radius 1 is 0.727 bits per heavy atom. The Hall–Kier alpha value is -4.06. The van der Waals surface area contributed by atoms with Crippen molar-refractivity contribution in [3.05, 3.63) is 71.8 Å². The van der Waals surface area contributed by atoms with Crippen LogP contribution in [-0.4, -0.2) is 18.2 Å². The minimum absolute atomic E-state index is 0.00458. The van der Waals surface area contributed by atoms with Gasteiger partial charge in [0.05, 0.1) is 0 Å². The van der Waals surface area contributed by atoms with Crippen molar-refractivity contribution < 1.29 is 28.5 Å². The highest BCUT2D eigenvalue weighted by Crippen LogP contribution is 2.52. The standard InChI is InChI=1S/C27H20O6/c1-14(28)30-18-7-3-16-5-9-23-26(20(16)11-18)22-13-25(32-23)33-24-10-6-17-4-8-19(31-15(2)29)12-21(17)27(22)24/h3-12,22,25H,13H2,1-2H3. The number of carbonyl (C=O) groups excluding carboxylic acids is 2. The van der Waals surface area contributed by atoms with Crippen molar-refractivity contribution in [2.75, 3.05) is 0 Å². The summed E-state index contributed by atoms with van der Waals surface area (Å²) in [4.78, 5) is 23.1. The Morgan fingerprint density at radius 2 is 1.18 bits per heavy atom. The first-order valence-corrected chi connectivity index (χ1v) is 10.8. The summed E-state index contributed by atoms with van der Waals surface area (Å²) >= 11 is 0. The molecule has 0 atom stereocenters. The molecule has 164 valence electrons. The summed E-state index contributed by atoms with van der Waals surface area (Å²) in [5.74, 6) is 1.76. The number of esters is 2. The number of hydrogen-bond donors (Lipinski definition) is 0. The normalized spacial score (nSPS) is 18.0. The summed E-state index contributed by atoms with van der Waals surface area (Å²) in [5, 5.41) is 3.99. The minimum atomic E-state index is -0.391. The first-order valence-electron chi connectivity index (χ1n) is 10.8. The summed E-state index contributed by atoms with van der Waals surface area (Å²) in [7, 11) is 0. The van der Waals surface area contributed by atoms with Gasteiger partial charge in [-0.1, -0.05) is 24.3 Å². The molecule has 6 rings (SSSR count). The maximum Gasteiger partial charge on any atom is 0.308 e. The van der Waals surface area contributed by atoms with Gasteiger partial charge in [-0.2, -0.15) is 0 Å². The van der Waals surface area contributed by atoms with E-state index in [1.807, 2.05) is 48.5 Å². The smallest absolute Gasteiger partial charge is 0.308 e. The zero-order valence-electron chi connectivity index (χ0n) is 18.1. The van der Waals surface area contributed by atoms with Gasteiger partial charge >= 0.3 is 11.9 Å². The number of fused-ring (bicyclic) bond motifs is 10. The number of rotatable bonds is 2. The molecule has 0 amide bonds. The Morgan fingerprint density at radius 3 is 1.64 bits per heavy atom. The van der Waals surface area contributed by atoms with Gasteiger partial charge < -0.3 is 18.9 Å². The van der Waals surface area contributed by atoms with Gasteiger partial charge in [-0.15, -0.1) is 0 Å². The summed E-state index contributed by atoms with van der Waals surface area (Å²) in [6.45, 7) is 2.78. The molecular formula is C27H20O6. The third-order valence-electron chi connectivity index (χ3n) is 6.15. The first-order chi connectivity index (χ1) is 16.0. The van der Waals surface area contributed by atoms with E-state index in [-0.39, 0.29) is 17.9 Å². The molecular weight excluding hydrogens is 420 g/mol. The van der Waals surface area contributed by atoms with E-state index in [1.165, 1.54) is 13.8 Å². The van der Waals surface area contributed by atoms with E-state index in [9.17, 15) is 9.59 Å². The number of carbonyl (C=O) groups is 2. The van der Waals surface area contributed by atoms with Crippen LogP contribution in [0.2, 0.25) is 0 Å². The van der Waals surface area contributed by atoms with Crippen LogP contribution < -0.4 is 18.9 Å². The zero-order chi connectivity index (χ0) is 22.7. The number of hydrogen-bond acceptors (Lipinski definition) is 6. The second-order valence-corrected chi connectivity index (χ2v) is 8.36. The average Bonchev–Trinajstić information content (AvgIpc) is 2.77. The summed E-state index contributed by atoms with van der Waals surface area (Å²) in [6.07, 6.45) is 0.256. The molecule has 0 aliphatic carbocycles. The Bertz CT molecular complexity index is 1360. The van der Waals surface area contributed by atoms with Gasteiger partial charge in [-0.3, -0.25) is 9.59 Å². The number of ether oxygens (including phenoxy) is 4. The fraction of sp³-hybridized carbons (Fsp3) is 0.185. The lowest BCUT2D eigenvalue weighted by Crippen LogP contribution is -2.35. The SMILES string of the molecule is CC(=O)Oc1ccc2ccc3c(c2c1)C1CC(O3)Oc2ccc3ccc(OC(C)=O)cc3c21. The molecule has 0 fully saturated rings. The van der Waals surface area contributed by atoms with Gasteiger partial charge in [0.1, 0.15) is 23.0 Å². The molecule has 4 aromatic rings. The van der Waals surface area contributed by atoms with E-state index in [0.717, 1.165) is 44.2 Å². The van der Waals surface area contributed by atoms with E-state index in [1.54, 1.807) is 12.1 Å². The molecule has 0 saturated carbocycles. The maximum absolute atomic E-state index is 11.5. The van der Waals surface area contributed by atoms with E-state index < -0.39 is 6.29 Å². The molecule has 33 heavy (non-hydrogen) atoms. The summed E-state index contributed by atoms with van der Waals surface area (Å²) in [6, 6.07) is 19.2. The molecule has 0 unspecified atom stereocenters. The van der Waals surface area contributed by atoms with Crippen LogP contribution in [0.15, 0.2) is 60.7 Å². The van der Waals surface area contributed by atoms with Crippen LogP contribution in [0, 0.1) is 0 Å². The molecule has 0 aromatic heterocycles. The maximum atomic E-state index is 11.5. The quantitative estimate of drug-likeness (QED) is 0.304. The fourth-order valence-electron chi connectivity index (χ4n) is 4.96. The highest BCUT2D eigenvalue weighted by Gasteiger charge is 2.39. The van der Waals surface area contributed by atoms with Crippen LogP contribution >= 0.6 is 0 Å². The van der Waals surface area contributed by atoms with Crippen LogP contribution in [0.3, 0.4) is 0 Å². The molecule has 2 aliphatic rings. The molecule has 2 aliphatic heterocycles. The van der Waals surface area contributed by atoms with Crippen LogP contribution in [0.25, 0.3) is 21.5 Å². The van der Waals surface area contributed by atoms with Crippen molar-refractivity contribution in [2.45, 2.75) is 32.5 Å². The van der Waals surface area contributed by atoms with Gasteiger partial charge in [-0.25, -0.2) is 0 Å². The van der Waals surface area contributed by atoms with Gasteiger partial charge in [0.15, 0.2) is 0 Å². The predicted molar refractivity (Wildman–Crippen MR) is 122 cm³/mol. The molecule has 0 saturated heterocycles. The first kappa shape index (κ1) is 19.6. The van der Waals surface area contributed by atoms with E-state index in [4.69, 9.17) is 18.9 Å². The predicted octanol–water partition coefficient (Wildman–Crippen LogP) is 5.48. The Kier molecular flexibility index (Phi) is 4.30. The summed E-state index contributed by atoms with van der Waals surface area (Å²) in [5.41, 5.74) is 2.07. The Balaban J connectivity index is 1.60. The van der Waals surface area contributed by atoms with Crippen molar-refractivity contribution in [3.63, 3.8) is 0 Å². The van der Waals surface area contributed by atoms with Crippen molar-refractivity contribution in [1.82, 2.24) is 0 Å². The minimum Gasteiger partial charge on any atom is -0.455 e. The number of benzene rings is 4. The van der Waals surface area contributed by atoms with Crippen LogP contribution in [0.1, 0.15) is 37.3 Å². The average molecular weight is 440 g/mol. The highest BCUT2D eigenvalue weighted by atomic mass is 16.7. The van der Waals surface area contributed by atoms with Gasteiger partial charge in [-0.05, 0) is 57.9 Å². The lowest BCUT2D eigenvalue weighted by Gasteiger charge is -2.39. The molecule has 0 radical (unpaired) electrons. The van der Waals surface area contributed by atoms with Gasteiger partial charge in [0.25, 0.3) is 0 Å². The van der Waals surface area contributed by atoms with Gasteiger partial charge in [0.2, 0.25) is 6.29 Å². The van der Waals surface area contributed by atoms with Crippen molar-refractivity contribution in [1.29, 1.82) is 0 Å². The molecule has 0 spiro atoms. The Labute approximate surface area is 189 Å². The van der Waals surface area contributed by atoms with E-state index in [0.29, 0.717) is 17.9 Å². The third-order valence-corrected chi connectivity index (χ3v) is 6.15. The van der Waals surface area contributed by atoms with E-state index >= 15 is 0 Å². The van der Waals surface area contributed by atoms with Crippen molar-refractivity contribution >= 4 is 33.5 Å². The molecule has 6 heteroatoms. The van der Waals surface area contributed by atoms with Crippen LogP contribution in [0.5, 0.6) is 23.0 Å². The lowest BCUT2D eigenvalue weighted by atomic mass is 9.79. The zero-order valence-corrected chi connectivity index (χ0v) is 18.1. The second kappa shape index (κ2) is 7.24. The van der Waals surface area contributed by atoms with Gasteiger partial charge in [0, 0.05) is 37.3 Å². The van der Waals surface area contributed by atoms with Crippen molar-refractivity contribution in [3.8, 4) is 23.0 Å². The second-order valence-electron chi connectivity index (χ2n) is 8.36.